The average molecular weight is 510 g/mol. The van der Waals surface area contributed by atoms with Crippen LogP contribution in [0.3, 0.4) is 0 Å². The summed E-state index contributed by atoms with van der Waals surface area (Å²) < 4.78 is 17.2. The Labute approximate surface area is 204 Å². The molecular formula is C27H17BrFN5. The molecule has 164 valence electrons. The lowest BCUT2D eigenvalue weighted by atomic mass is 10.1. The van der Waals surface area contributed by atoms with E-state index >= 15 is 0 Å². The van der Waals surface area contributed by atoms with Crippen LogP contribution in [0.15, 0.2) is 83.6 Å². The summed E-state index contributed by atoms with van der Waals surface area (Å²) in [6.07, 6.45) is 3.47. The van der Waals surface area contributed by atoms with Crippen LogP contribution in [0.25, 0.3) is 22.2 Å². The molecule has 5 nitrogen and oxygen atoms in total. The van der Waals surface area contributed by atoms with E-state index in [1.807, 2.05) is 36.4 Å². The highest BCUT2D eigenvalue weighted by Gasteiger charge is 2.21. The molecule has 0 atom stereocenters. The lowest BCUT2D eigenvalue weighted by molar-refractivity contribution is 0.628. The molecule has 0 radical (unpaired) electrons. The van der Waals surface area contributed by atoms with Crippen LogP contribution in [-0.4, -0.2) is 19.7 Å². The van der Waals surface area contributed by atoms with Crippen molar-refractivity contribution in [2.75, 3.05) is 4.90 Å². The number of nitrogens with zero attached hydrogens (tertiary/aromatic N) is 5. The monoisotopic (exact) mass is 509 g/mol. The van der Waals surface area contributed by atoms with E-state index in [2.05, 4.69) is 55.0 Å². The molecule has 5 aromatic rings. The van der Waals surface area contributed by atoms with Crippen LogP contribution in [0.1, 0.15) is 16.7 Å². The second kappa shape index (κ2) is 8.40. The molecule has 0 saturated heterocycles. The lowest BCUT2D eigenvalue weighted by Crippen LogP contribution is -2.17. The molecule has 3 aromatic carbocycles. The normalized spacial score (nSPS) is 12.5. The molecule has 7 heteroatoms. The van der Waals surface area contributed by atoms with E-state index in [0.717, 1.165) is 28.5 Å². The minimum atomic E-state index is -0.370. The van der Waals surface area contributed by atoms with E-state index in [0.29, 0.717) is 22.8 Å². The van der Waals surface area contributed by atoms with Gasteiger partial charge in [0.1, 0.15) is 5.82 Å². The average Bonchev–Trinajstić information content (AvgIpc) is 3.46. The Kier molecular flexibility index (Phi) is 5.08. The largest absolute Gasteiger partial charge is 0.332 e. The van der Waals surface area contributed by atoms with Gasteiger partial charge >= 0.3 is 0 Å². The summed E-state index contributed by atoms with van der Waals surface area (Å²) in [5.41, 5.74) is 5.26. The van der Waals surface area contributed by atoms with Gasteiger partial charge < -0.3 is 4.90 Å². The minimum absolute atomic E-state index is 0.370. The Morgan fingerprint density at radius 3 is 2.76 bits per heavy atom. The summed E-state index contributed by atoms with van der Waals surface area (Å²) in [5, 5.41) is 5.31. The van der Waals surface area contributed by atoms with E-state index in [9.17, 15) is 4.39 Å². The van der Waals surface area contributed by atoms with Gasteiger partial charge in [0.15, 0.2) is 0 Å². The standard InChI is InChI=1S/C27H17BrFN5/c28-23-6-5-20-16-33(17-22(20)13-23)27-30-9-7-25(32-27)21-11-18(12-24(29)14-21)8-10-34-26-4-2-1-3-19(26)15-31-34/h1-7,9,11-15H,16-17H2. The van der Waals surface area contributed by atoms with Gasteiger partial charge in [-0.3, -0.25) is 0 Å². The fourth-order valence-corrected chi connectivity index (χ4v) is 4.56. The zero-order chi connectivity index (χ0) is 23.1. The third kappa shape index (κ3) is 3.93. The maximum Gasteiger partial charge on any atom is 0.226 e. The van der Waals surface area contributed by atoms with Crippen LogP contribution in [0.4, 0.5) is 10.3 Å². The molecule has 6 rings (SSSR count). The first-order valence-electron chi connectivity index (χ1n) is 10.7. The van der Waals surface area contributed by atoms with Crippen LogP contribution >= 0.6 is 15.9 Å². The maximum atomic E-state index is 14.5. The topological polar surface area (TPSA) is 46.8 Å². The highest BCUT2D eigenvalue weighted by molar-refractivity contribution is 9.10. The van der Waals surface area contributed by atoms with Crippen LogP contribution in [-0.2, 0) is 13.1 Å². The highest BCUT2D eigenvalue weighted by Crippen LogP contribution is 2.29. The SMILES string of the molecule is Fc1cc(C#Cn2ncc3ccccc32)cc(-c2ccnc(N3Cc4ccc(Br)cc4C3)n2)c1. The molecule has 0 fully saturated rings. The third-order valence-electron chi connectivity index (χ3n) is 5.79. The van der Waals surface area contributed by atoms with Crippen molar-refractivity contribution in [3.05, 3.63) is 106 Å². The van der Waals surface area contributed by atoms with Gasteiger partial charge in [0.25, 0.3) is 0 Å². The fourth-order valence-electron chi connectivity index (χ4n) is 4.15. The Balaban J connectivity index is 1.31. The minimum Gasteiger partial charge on any atom is -0.332 e. The van der Waals surface area contributed by atoms with Crippen LogP contribution < -0.4 is 4.90 Å². The van der Waals surface area contributed by atoms with Crippen molar-refractivity contribution in [3.8, 4) is 23.2 Å². The molecule has 0 bridgehead atoms. The Bertz CT molecular complexity index is 1610. The molecule has 0 amide bonds. The number of anilines is 1. The molecule has 0 N–H and O–H groups in total. The predicted octanol–water partition coefficient (Wildman–Crippen LogP) is 5.77. The second-order valence-corrected chi connectivity index (χ2v) is 9.01. The number of fused-ring (bicyclic) bond motifs is 2. The smallest absolute Gasteiger partial charge is 0.226 e. The quantitative estimate of drug-likeness (QED) is 0.283. The van der Waals surface area contributed by atoms with Crippen molar-refractivity contribution in [1.82, 2.24) is 19.7 Å². The first-order chi connectivity index (χ1) is 16.6. The van der Waals surface area contributed by atoms with Crippen LogP contribution in [0, 0.1) is 17.8 Å². The number of halogens is 2. The summed E-state index contributed by atoms with van der Waals surface area (Å²) in [4.78, 5) is 11.3. The fraction of sp³-hybridized carbons (Fsp3) is 0.0741. The number of aromatic nitrogens is 4. The summed E-state index contributed by atoms with van der Waals surface area (Å²) in [6, 6.07) is 23.6. The van der Waals surface area contributed by atoms with E-state index in [1.165, 1.54) is 23.3 Å². The van der Waals surface area contributed by atoms with Gasteiger partial charge in [-0.2, -0.15) is 9.78 Å². The zero-order valence-electron chi connectivity index (χ0n) is 17.9. The molecule has 0 saturated carbocycles. The summed E-state index contributed by atoms with van der Waals surface area (Å²) in [6.45, 7) is 1.47. The van der Waals surface area contributed by atoms with Gasteiger partial charge in [-0.15, -0.1) is 0 Å². The first kappa shape index (κ1) is 20.6. The molecule has 0 unspecified atom stereocenters. The molecule has 3 heterocycles. The second-order valence-electron chi connectivity index (χ2n) is 8.09. The number of benzene rings is 3. The number of para-hydroxylation sites is 1. The first-order valence-corrected chi connectivity index (χ1v) is 11.5. The van der Waals surface area contributed by atoms with Crippen molar-refractivity contribution in [3.63, 3.8) is 0 Å². The molecular weight excluding hydrogens is 493 g/mol. The van der Waals surface area contributed by atoms with Gasteiger partial charge in [0.05, 0.1) is 17.4 Å². The van der Waals surface area contributed by atoms with Gasteiger partial charge in [-0.25, -0.2) is 14.4 Å². The van der Waals surface area contributed by atoms with E-state index in [4.69, 9.17) is 4.98 Å². The molecule has 1 aliphatic heterocycles. The van der Waals surface area contributed by atoms with Crippen molar-refractivity contribution >= 4 is 32.8 Å². The van der Waals surface area contributed by atoms with Gasteiger partial charge in [0, 0.05) is 46.3 Å². The van der Waals surface area contributed by atoms with Crippen molar-refractivity contribution in [2.24, 2.45) is 0 Å². The van der Waals surface area contributed by atoms with Crippen molar-refractivity contribution in [1.29, 1.82) is 0 Å². The number of rotatable bonds is 2. The Morgan fingerprint density at radius 1 is 0.941 bits per heavy atom. The zero-order valence-corrected chi connectivity index (χ0v) is 19.5. The van der Waals surface area contributed by atoms with Crippen molar-refractivity contribution in [2.45, 2.75) is 13.1 Å². The Hall–Kier alpha value is -4.02. The molecule has 0 spiro atoms. The van der Waals surface area contributed by atoms with E-state index in [-0.39, 0.29) is 5.82 Å². The summed E-state index contributed by atoms with van der Waals surface area (Å²) in [5.74, 6) is 3.28. The molecule has 0 aliphatic carbocycles. The van der Waals surface area contributed by atoms with E-state index < -0.39 is 0 Å². The number of hydrogen-bond donors (Lipinski definition) is 0. The van der Waals surface area contributed by atoms with Gasteiger partial charge in [0.2, 0.25) is 5.95 Å². The van der Waals surface area contributed by atoms with Gasteiger partial charge in [-0.05, 0) is 59.5 Å². The van der Waals surface area contributed by atoms with Crippen LogP contribution in [0.2, 0.25) is 0 Å². The van der Waals surface area contributed by atoms with Crippen molar-refractivity contribution < 1.29 is 4.39 Å². The predicted molar refractivity (Wildman–Crippen MR) is 133 cm³/mol. The van der Waals surface area contributed by atoms with Crippen LogP contribution in [0.5, 0.6) is 0 Å². The molecule has 1 aliphatic rings. The van der Waals surface area contributed by atoms with E-state index in [1.54, 1.807) is 23.1 Å². The third-order valence-corrected chi connectivity index (χ3v) is 6.29. The molecule has 2 aromatic heterocycles. The number of hydrogen-bond acceptors (Lipinski definition) is 4. The highest BCUT2D eigenvalue weighted by atomic mass is 79.9. The Morgan fingerprint density at radius 2 is 1.82 bits per heavy atom. The maximum absolute atomic E-state index is 14.5. The lowest BCUT2D eigenvalue weighted by Gasteiger charge is -2.15. The summed E-state index contributed by atoms with van der Waals surface area (Å²) in [7, 11) is 0. The molecule has 34 heavy (non-hydrogen) atoms. The van der Waals surface area contributed by atoms with Gasteiger partial charge in [-0.1, -0.05) is 40.2 Å². The summed E-state index contributed by atoms with van der Waals surface area (Å²) >= 11 is 3.53.